The minimum Gasteiger partial charge on any atom is -0.466 e. The zero-order valence-corrected chi connectivity index (χ0v) is 17.8. The Kier molecular flexibility index (Phi) is 5.93. The van der Waals surface area contributed by atoms with Crippen LogP contribution in [0.1, 0.15) is 45.6 Å². The Bertz CT molecular complexity index is 1100. The fourth-order valence-electron chi connectivity index (χ4n) is 2.90. The summed E-state index contributed by atoms with van der Waals surface area (Å²) in [6.07, 6.45) is 1.45. The first kappa shape index (κ1) is 20.5. The van der Waals surface area contributed by atoms with Crippen LogP contribution in [0.15, 0.2) is 39.2 Å². The quantitative estimate of drug-likeness (QED) is 0.498. The molecule has 0 atom stereocenters. The van der Waals surface area contributed by atoms with Crippen LogP contribution in [0.2, 0.25) is 0 Å². The van der Waals surface area contributed by atoms with Crippen LogP contribution >= 0.6 is 11.3 Å². The number of hydrazone groups is 1. The summed E-state index contributed by atoms with van der Waals surface area (Å²) >= 11 is 1.33. The van der Waals surface area contributed by atoms with E-state index in [-0.39, 0.29) is 11.8 Å². The highest BCUT2D eigenvalue weighted by molar-refractivity contribution is 7.14. The Hall–Kier alpha value is -3.26. The molecule has 0 aliphatic carbocycles. The van der Waals surface area contributed by atoms with Gasteiger partial charge in [-0.1, -0.05) is 12.1 Å². The lowest BCUT2D eigenvalue weighted by Gasteiger charge is -2.21. The Labute approximate surface area is 173 Å². The van der Waals surface area contributed by atoms with Gasteiger partial charge in [0.25, 0.3) is 5.91 Å². The average molecular weight is 410 g/mol. The number of aromatic nitrogens is 1. The molecule has 2 aromatic heterocycles. The molecule has 1 N–H and O–H groups in total. The number of amides is 2. The number of hydrogen-bond donors (Lipinski definition) is 1. The van der Waals surface area contributed by atoms with Gasteiger partial charge in [-0.05, 0) is 51.0 Å². The topological polar surface area (TPSA) is 87.8 Å². The van der Waals surface area contributed by atoms with Crippen molar-refractivity contribution in [3.63, 3.8) is 0 Å². The van der Waals surface area contributed by atoms with Crippen molar-refractivity contribution in [2.24, 2.45) is 5.10 Å². The highest BCUT2D eigenvalue weighted by atomic mass is 32.1. The molecule has 3 aromatic rings. The number of aryl methyl sites for hydroxylation is 3. The summed E-state index contributed by atoms with van der Waals surface area (Å²) in [6.45, 7) is 8.99. The molecule has 0 unspecified atom stereocenters. The van der Waals surface area contributed by atoms with Crippen molar-refractivity contribution in [2.75, 3.05) is 4.90 Å². The van der Waals surface area contributed by atoms with E-state index in [1.807, 2.05) is 32.0 Å². The molecular weight excluding hydrogens is 388 g/mol. The third-order valence-corrected chi connectivity index (χ3v) is 5.33. The molecule has 7 nitrogen and oxygen atoms in total. The van der Waals surface area contributed by atoms with Crippen LogP contribution in [-0.2, 0) is 4.79 Å². The van der Waals surface area contributed by atoms with Crippen LogP contribution in [0.25, 0.3) is 0 Å². The number of thiazole rings is 1. The van der Waals surface area contributed by atoms with Gasteiger partial charge in [0.15, 0.2) is 5.13 Å². The summed E-state index contributed by atoms with van der Waals surface area (Å²) in [5, 5.41) is 6.28. The summed E-state index contributed by atoms with van der Waals surface area (Å²) in [5.74, 6) is 0.718. The molecule has 0 aliphatic heterocycles. The maximum absolute atomic E-state index is 12.3. The highest BCUT2D eigenvalue weighted by Gasteiger charge is 2.20. The van der Waals surface area contributed by atoms with E-state index < -0.39 is 0 Å². The largest absolute Gasteiger partial charge is 0.466 e. The molecule has 0 saturated heterocycles. The van der Waals surface area contributed by atoms with Crippen molar-refractivity contribution >= 4 is 40.2 Å². The normalized spacial score (nSPS) is 11.1. The van der Waals surface area contributed by atoms with Gasteiger partial charge < -0.3 is 4.42 Å². The predicted octanol–water partition coefficient (Wildman–Crippen LogP) is 4.42. The lowest BCUT2D eigenvalue weighted by Crippen LogP contribution is -2.23. The van der Waals surface area contributed by atoms with Crippen LogP contribution in [0.4, 0.5) is 10.8 Å². The zero-order valence-electron chi connectivity index (χ0n) is 16.9. The number of benzene rings is 1. The Morgan fingerprint density at radius 1 is 1.24 bits per heavy atom. The maximum Gasteiger partial charge on any atom is 0.274 e. The average Bonchev–Trinajstić information content (AvgIpc) is 3.24. The smallest absolute Gasteiger partial charge is 0.274 e. The van der Waals surface area contributed by atoms with Crippen LogP contribution in [0.3, 0.4) is 0 Å². The number of carbonyl (C=O) groups excluding carboxylic acids is 2. The third-order valence-electron chi connectivity index (χ3n) is 4.48. The molecule has 8 heteroatoms. The number of nitrogens with one attached hydrogen (secondary N) is 1. The summed E-state index contributed by atoms with van der Waals surface area (Å²) in [7, 11) is 0. The fourth-order valence-corrected chi connectivity index (χ4v) is 3.73. The molecule has 0 fully saturated rings. The molecule has 0 aliphatic rings. The molecule has 0 spiro atoms. The number of hydrogen-bond acceptors (Lipinski definition) is 6. The number of rotatable bonds is 5. The van der Waals surface area contributed by atoms with Gasteiger partial charge >= 0.3 is 0 Å². The van der Waals surface area contributed by atoms with E-state index in [0.717, 1.165) is 16.8 Å². The van der Waals surface area contributed by atoms with Crippen molar-refractivity contribution in [1.29, 1.82) is 0 Å². The summed E-state index contributed by atoms with van der Waals surface area (Å²) in [4.78, 5) is 30.5. The van der Waals surface area contributed by atoms with E-state index in [2.05, 4.69) is 15.5 Å². The van der Waals surface area contributed by atoms with Crippen molar-refractivity contribution < 1.29 is 14.0 Å². The van der Waals surface area contributed by atoms with Gasteiger partial charge in [0, 0.05) is 12.3 Å². The van der Waals surface area contributed by atoms with Crippen molar-refractivity contribution in [3.05, 3.63) is 63.6 Å². The zero-order chi connectivity index (χ0) is 21.1. The van der Waals surface area contributed by atoms with E-state index in [9.17, 15) is 9.59 Å². The Morgan fingerprint density at radius 3 is 2.66 bits per heavy atom. The second-order valence-electron chi connectivity index (χ2n) is 6.65. The van der Waals surface area contributed by atoms with E-state index in [4.69, 9.17) is 4.42 Å². The van der Waals surface area contributed by atoms with Gasteiger partial charge in [-0.2, -0.15) is 5.10 Å². The van der Waals surface area contributed by atoms with Gasteiger partial charge in [-0.25, -0.2) is 10.4 Å². The first-order valence-electron chi connectivity index (χ1n) is 9.00. The number of anilines is 2. The van der Waals surface area contributed by atoms with Crippen molar-refractivity contribution in [1.82, 2.24) is 10.4 Å². The molecule has 29 heavy (non-hydrogen) atoms. The van der Waals surface area contributed by atoms with E-state index in [1.165, 1.54) is 24.5 Å². The summed E-state index contributed by atoms with van der Waals surface area (Å²) in [6, 6.07) is 7.48. The summed E-state index contributed by atoms with van der Waals surface area (Å²) in [5.41, 5.74) is 6.37. The molecule has 0 radical (unpaired) electrons. The molecule has 150 valence electrons. The second kappa shape index (κ2) is 8.40. The van der Waals surface area contributed by atoms with Crippen molar-refractivity contribution in [3.8, 4) is 0 Å². The third kappa shape index (κ3) is 4.43. The molecule has 2 amide bonds. The van der Waals surface area contributed by atoms with E-state index in [1.54, 1.807) is 30.2 Å². The van der Waals surface area contributed by atoms with Crippen LogP contribution in [0, 0.1) is 27.7 Å². The van der Waals surface area contributed by atoms with Crippen LogP contribution in [-0.4, -0.2) is 23.0 Å². The summed E-state index contributed by atoms with van der Waals surface area (Å²) < 4.78 is 5.35. The van der Waals surface area contributed by atoms with Gasteiger partial charge in [0.1, 0.15) is 11.5 Å². The molecule has 0 saturated carbocycles. The lowest BCUT2D eigenvalue weighted by atomic mass is 10.1. The fraction of sp³-hybridized carbons (Fsp3) is 0.238. The minimum absolute atomic E-state index is 0.129. The first-order chi connectivity index (χ1) is 13.8. The maximum atomic E-state index is 12.3. The van der Waals surface area contributed by atoms with Crippen molar-refractivity contribution in [2.45, 2.75) is 34.6 Å². The SMILES string of the molecule is CC(=O)N(c1nc(/C=N\NC(=O)c2cc(C)oc2C)cs1)c1cccc(C)c1C. The monoisotopic (exact) mass is 410 g/mol. The van der Waals surface area contributed by atoms with E-state index >= 15 is 0 Å². The van der Waals surface area contributed by atoms with Crippen LogP contribution in [0.5, 0.6) is 0 Å². The number of nitrogens with zero attached hydrogens (tertiary/aromatic N) is 3. The number of carbonyl (C=O) groups is 2. The Morgan fingerprint density at radius 2 is 2.00 bits per heavy atom. The highest BCUT2D eigenvalue weighted by Crippen LogP contribution is 2.32. The molecular formula is C21H22N4O3S. The molecule has 0 bridgehead atoms. The van der Waals surface area contributed by atoms with E-state index in [0.29, 0.717) is 27.9 Å². The predicted molar refractivity (Wildman–Crippen MR) is 114 cm³/mol. The molecule has 3 rings (SSSR count). The van der Waals surface area contributed by atoms with Gasteiger partial charge in [-0.3, -0.25) is 14.5 Å². The molecule has 2 heterocycles. The first-order valence-corrected chi connectivity index (χ1v) is 9.88. The second-order valence-corrected chi connectivity index (χ2v) is 7.49. The minimum atomic E-state index is -0.355. The van der Waals surface area contributed by atoms with Gasteiger partial charge in [-0.15, -0.1) is 11.3 Å². The Balaban J connectivity index is 1.77. The van der Waals surface area contributed by atoms with Crippen LogP contribution < -0.4 is 10.3 Å². The molecule has 1 aromatic carbocycles. The number of furan rings is 1. The lowest BCUT2D eigenvalue weighted by molar-refractivity contribution is -0.115. The standard InChI is InChI=1S/C21H22N4O3S/c1-12-7-6-8-19(14(12)3)25(16(5)26)21-23-17(11-29-21)10-22-24-20(27)18-9-13(2)28-15(18)4/h6-11H,1-5H3,(H,24,27)/b22-10-. The van der Waals surface area contributed by atoms with Gasteiger partial charge in [0.2, 0.25) is 5.91 Å². The van der Waals surface area contributed by atoms with Gasteiger partial charge in [0.05, 0.1) is 23.2 Å².